The molecule has 1 aliphatic heterocycles. The van der Waals surface area contributed by atoms with E-state index in [-0.39, 0.29) is 28.8 Å². The third-order valence-corrected chi connectivity index (χ3v) is 5.71. The number of hydrogen-bond donors (Lipinski definition) is 1. The van der Waals surface area contributed by atoms with Crippen LogP contribution in [-0.2, 0) is 14.8 Å². The van der Waals surface area contributed by atoms with Gasteiger partial charge in [0.15, 0.2) is 0 Å². The van der Waals surface area contributed by atoms with Crippen LogP contribution >= 0.6 is 12.4 Å². The molecule has 24 heavy (non-hydrogen) atoms. The fourth-order valence-corrected chi connectivity index (χ4v) is 3.97. The maximum Gasteiger partial charge on any atom is 0.255 e. The van der Waals surface area contributed by atoms with Gasteiger partial charge in [-0.1, -0.05) is 12.1 Å². The molecule has 1 amide bonds. The van der Waals surface area contributed by atoms with Gasteiger partial charge in [-0.2, -0.15) is 4.31 Å². The highest BCUT2D eigenvalue weighted by molar-refractivity contribution is 7.89. The van der Waals surface area contributed by atoms with E-state index in [1.54, 1.807) is 32.3 Å². The molecule has 0 aromatic heterocycles. The van der Waals surface area contributed by atoms with Crippen molar-refractivity contribution in [2.45, 2.75) is 4.90 Å². The van der Waals surface area contributed by atoms with Gasteiger partial charge in [0.1, 0.15) is 0 Å². The van der Waals surface area contributed by atoms with Crippen LogP contribution in [0.2, 0.25) is 0 Å². The van der Waals surface area contributed by atoms with E-state index in [2.05, 4.69) is 5.32 Å². The summed E-state index contributed by atoms with van der Waals surface area (Å²) in [6.07, 6.45) is 0. The third-order valence-electron chi connectivity index (χ3n) is 3.75. The quantitative estimate of drug-likeness (QED) is 0.777. The lowest BCUT2D eigenvalue weighted by Gasteiger charge is -2.27. The van der Waals surface area contributed by atoms with Gasteiger partial charge in [0.05, 0.1) is 23.7 Å². The first-order valence-corrected chi connectivity index (χ1v) is 8.99. The number of nitrogens with zero attached hydrogens (tertiary/aromatic N) is 2. The topological polar surface area (TPSA) is 79.0 Å². The molecule has 1 saturated heterocycles. The molecular weight excluding hydrogens is 354 g/mol. The highest BCUT2D eigenvalue weighted by Gasteiger charge is 2.30. The Morgan fingerprint density at radius 3 is 2.54 bits per heavy atom. The number of morpholine rings is 1. The first-order valence-electron chi connectivity index (χ1n) is 7.55. The molecule has 1 aromatic rings. The second kappa shape index (κ2) is 9.33. The van der Waals surface area contributed by atoms with Crippen LogP contribution in [0, 0.1) is 0 Å². The second-order valence-electron chi connectivity index (χ2n) is 5.34. The van der Waals surface area contributed by atoms with Gasteiger partial charge >= 0.3 is 0 Å². The average molecular weight is 378 g/mol. The van der Waals surface area contributed by atoms with E-state index in [9.17, 15) is 13.2 Å². The second-order valence-corrected chi connectivity index (χ2v) is 7.25. The summed E-state index contributed by atoms with van der Waals surface area (Å²) < 4.78 is 32.2. The molecule has 136 valence electrons. The summed E-state index contributed by atoms with van der Waals surface area (Å²) in [7, 11) is -0.236. The Hall–Kier alpha value is -1.19. The number of sulfonamides is 1. The molecule has 1 aromatic carbocycles. The lowest BCUT2D eigenvalue weighted by Crippen LogP contribution is -2.41. The summed E-state index contributed by atoms with van der Waals surface area (Å²) in [5.41, 5.74) is 0.206. The van der Waals surface area contributed by atoms with E-state index in [0.717, 1.165) is 0 Å². The van der Waals surface area contributed by atoms with Crippen molar-refractivity contribution in [2.75, 3.05) is 53.5 Å². The number of hydrogen-bond acceptors (Lipinski definition) is 5. The molecule has 7 nitrogen and oxygen atoms in total. The molecule has 9 heteroatoms. The highest BCUT2D eigenvalue weighted by atomic mass is 35.5. The normalized spacial score (nSPS) is 15.6. The molecule has 1 fully saturated rings. The number of ether oxygens (including phenoxy) is 1. The zero-order chi connectivity index (χ0) is 16.9. The Bertz CT molecular complexity index is 648. The number of carbonyl (C=O) groups excluding carboxylic acids is 1. The lowest BCUT2D eigenvalue weighted by atomic mass is 10.2. The summed E-state index contributed by atoms with van der Waals surface area (Å²) in [5, 5.41) is 2.97. The number of amides is 1. The summed E-state index contributed by atoms with van der Waals surface area (Å²) in [6, 6.07) is 6.37. The summed E-state index contributed by atoms with van der Waals surface area (Å²) in [6.45, 7) is 2.50. The van der Waals surface area contributed by atoms with Gasteiger partial charge in [-0.3, -0.25) is 4.79 Å². The molecule has 1 aliphatic rings. The van der Waals surface area contributed by atoms with Gasteiger partial charge in [0.25, 0.3) is 5.91 Å². The molecule has 0 saturated carbocycles. The Morgan fingerprint density at radius 2 is 1.92 bits per heavy atom. The van der Waals surface area contributed by atoms with Gasteiger partial charge < -0.3 is 15.0 Å². The van der Waals surface area contributed by atoms with Crippen molar-refractivity contribution in [1.82, 2.24) is 14.5 Å². The van der Waals surface area contributed by atoms with E-state index >= 15 is 0 Å². The number of halogens is 1. The smallest absolute Gasteiger partial charge is 0.255 e. The molecular formula is C15H24ClN3O4S. The monoisotopic (exact) mass is 377 g/mol. The lowest BCUT2D eigenvalue weighted by molar-refractivity contribution is 0.0728. The molecule has 0 radical (unpaired) electrons. The highest BCUT2D eigenvalue weighted by Crippen LogP contribution is 2.22. The van der Waals surface area contributed by atoms with Crippen LogP contribution in [0.4, 0.5) is 0 Å². The molecule has 1 heterocycles. The van der Waals surface area contributed by atoms with Crippen LogP contribution in [0.25, 0.3) is 0 Å². The Kier molecular flexibility index (Phi) is 8.11. The minimum absolute atomic E-state index is 0. The minimum atomic E-state index is -3.70. The van der Waals surface area contributed by atoms with Crippen molar-refractivity contribution in [2.24, 2.45) is 0 Å². The number of carbonyl (C=O) groups is 1. The molecule has 1 N–H and O–H groups in total. The first kappa shape index (κ1) is 20.9. The summed E-state index contributed by atoms with van der Waals surface area (Å²) in [4.78, 5) is 14.2. The molecule has 0 bridgehead atoms. The number of nitrogens with one attached hydrogen (secondary N) is 1. The van der Waals surface area contributed by atoms with E-state index in [1.807, 2.05) is 0 Å². The van der Waals surface area contributed by atoms with Crippen molar-refractivity contribution in [3.63, 3.8) is 0 Å². The van der Waals surface area contributed by atoms with Gasteiger partial charge in [-0.25, -0.2) is 8.42 Å². The summed E-state index contributed by atoms with van der Waals surface area (Å²) in [5.74, 6) is -0.298. The van der Waals surface area contributed by atoms with Crippen molar-refractivity contribution in [1.29, 1.82) is 0 Å². The Balaban J connectivity index is 0.00000288. The maximum absolute atomic E-state index is 12.8. The van der Waals surface area contributed by atoms with Crippen LogP contribution < -0.4 is 5.32 Å². The zero-order valence-corrected chi connectivity index (χ0v) is 15.5. The fraction of sp³-hybridized carbons (Fsp3) is 0.533. The number of rotatable bonds is 6. The van der Waals surface area contributed by atoms with E-state index in [4.69, 9.17) is 4.74 Å². The van der Waals surface area contributed by atoms with Gasteiger partial charge in [0, 0.05) is 33.2 Å². The molecule has 0 aliphatic carbocycles. The van der Waals surface area contributed by atoms with Crippen LogP contribution in [0.5, 0.6) is 0 Å². The van der Waals surface area contributed by atoms with Gasteiger partial charge in [0.2, 0.25) is 10.0 Å². The van der Waals surface area contributed by atoms with Crippen molar-refractivity contribution in [3.8, 4) is 0 Å². The third kappa shape index (κ3) is 4.67. The predicted molar refractivity (Wildman–Crippen MR) is 94.2 cm³/mol. The average Bonchev–Trinajstić information content (AvgIpc) is 2.59. The van der Waals surface area contributed by atoms with E-state index in [1.165, 1.54) is 15.3 Å². The van der Waals surface area contributed by atoms with Crippen molar-refractivity contribution in [3.05, 3.63) is 29.8 Å². The fourth-order valence-electron chi connectivity index (χ4n) is 2.38. The van der Waals surface area contributed by atoms with Crippen LogP contribution in [0.3, 0.4) is 0 Å². The van der Waals surface area contributed by atoms with Crippen molar-refractivity contribution < 1.29 is 17.9 Å². The molecule has 0 unspecified atom stereocenters. The van der Waals surface area contributed by atoms with Gasteiger partial charge in [-0.15, -0.1) is 12.4 Å². The Labute approximate surface area is 149 Å². The minimum Gasteiger partial charge on any atom is -0.379 e. The summed E-state index contributed by atoms with van der Waals surface area (Å²) >= 11 is 0. The van der Waals surface area contributed by atoms with Gasteiger partial charge in [-0.05, 0) is 19.2 Å². The zero-order valence-electron chi connectivity index (χ0n) is 13.9. The predicted octanol–water partition coefficient (Wildman–Crippen LogP) is 0.421. The maximum atomic E-state index is 12.8. The SMILES string of the molecule is CNCCN(C)C(=O)c1ccccc1S(=O)(=O)N1CCOCC1.Cl. The standard InChI is InChI=1S/C15H23N3O4S.ClH/c1-16-7-8-17(2)15(19)13-5-3-4-6-14(13)23(20,21)18-9-11-22-12-10-18;/h3-6,16H,7-12H2,1-2H3;1H. The van der Waals surface area contributed by atoms with E-state index < -0.39 is 10.0 Å². The van der Waals surface area contributed by atoms with Crippen LogP contribution in [-0.4, -0.2) is 77.0 Å². The number of benzene rings is 1. The van der Waals surface area contributed by atoms with Crippen LogP contribution in [0.15, 0.2) is 29.2 Å². The number of likely N-dealkylation sites (N-methyl/N-ethyl adjacent to an activating group) is 2. The van der Waals surface area contributed by atoms with Crippen molar-refractivity contribution >= 4 is 28.3 Å². The van der Waals surface area contributed by atoms with E-state index in [0.29, 0.717) is 39.4 Å². The molecule has 0 atom stereocenters. The molecule has 2 rings (SSSR count). The van der Waals surface area contributed by atoms with Crippen LogP contribution in [0.1, 0.15) is 10.4 Å². The largest absolute Gasteiger partial charge is 0.379 e. The Morgan fingerprint density at radius 1 is 1.29 bits per heavy atom. The first-order chi connectivity index (χ1) is 11.0. The molecule has 0 spiro atoms.